The summed E-state index contributed by atoms with van der Waals surface area (Å²) in [7, 11) is 0. The quantitative estimate of drug-likeness (QED) is 0.497. The maximum absolute atomic E-state index is 14.0. The molecule has 186 valence electrons. The third-order valence-corrected chi connectivity index (χ3v) is 9.96. The number of para-hydroxylation sites is 1. The van der Waals surface area contributed by atoms with Crippen molar-refractivity contribution in [2.45, 2.75) is 87.4 Å². The molecule has 3 fully saturated rings. The number of aliphatic hydroxyl groups is 1. The maximum Gasteiger partial charge on any atom is 0.244 e. The normalized spacial score (nSPS) is 33.5. The van der Waals surface area contributed by atoms with E-state index in [0.29, 0.717) is 18.5 Å². The van der Waals surface area contributed by atoms with Crippen LogP contribution in [0.1, 0.15) is 59.8 Å². The maximum atomic E-state index is 14.0. The summed E-state index contributed by atoms with van der Waals surface area (Å²) in [6, 6.07) is 8.14. The SMILES string of the molecule is CCCC(C)NC(=O)C1N([C@@H](CC)CO)C(=O)[C@@H]2[C@@H](C(=O)Nc3ccccc3)[C@@]3(C)CCC12S3. The molecule has 1 aromatic carbocycles. The number of nitrogens with one attached hydrogen (secondary N) is 2. The molecule has 3 amide bonds. The molecule has 3 aliphatic heterocycles. The van der Waals surface area contributed by atoms with E-state index in [-0.39, 0.29) is 30.4 Å². The van der Waals surface area contributed by atoms with E-state index in [9.17, 15) is 19.5 Å². The Balaban J connectivity index is 1.72. The first-order valence-corrected chi connectivity index (χ1v) is 13.3. The second kappa shape index (κ2) is 9.53. The number of fused-ring (bicyclic) bond motifs is 1. The van der Waals surface area contributed by atoms with Crippen molar-refractivity contribution in [3.8, 4) is 0 Å². The van der Waals surface area contributed by atoms with Gasteiger partial charge in [0, 0.05) is 16.5 Å². The van der Waals surface area contributed by atoms with E-state index < -0.39 is 33.4 Å². The van der Waals surface area contributed by atoms with E-state index in [0.717, 1.165) is 19.3 Å². The van der Waals surface area contributed by atoms with Crippen LogP contribution in [0, 0.1) is 11.8 Å². The summed E-state index contributed by atoms with van der Waals surface area (Å²) in [4.78, 5) is 43.0. The van der Waals surface area contributed by atoms with E-state index in [2.05, 4.69) is 24.5 Å². The Labute approximate surface area is 206 Å². The highest BCUT2D eigenvalue weighted by molar-refractivity contribution is 8.02. The largest absolute Gasteiger partial charge is 0.394 e. The van der Waals surface area contributed by atoms with Crippen LogP contribution in [0.5, 0.6) is 0 Å². The molecule has 0 aromatic heterocycles. The summed E-state index contributed by atoms with van der Waals surface area (Å²) in [6.07, 6.45) is 3.82. The van der Waals surface area contributed by atoms with Crippen LogP contribution in [0.4, 0.5) is 5.69 Å². The standard InChI is InChI=1S/C26H37N3O4S/c1-5-10-16(3)27-23(32)21-26-14-13-25(4,34-26)19(22(31)28-17-11-8-7-9-12-17)20(26)24(33)29(21)18(6-2)15-30/h7-9,11-12,16,18-21,30H,5-6,10,13-15H2,1-4H3,(H,27,32)(H,28,31)/t16?,18-,19-,20-,21?,25+,26?/m0/s1. The lowest BCUT2D eigenvalue weighted by Gasteiger charge is -2.37. The second-order valence-corrected chi connectivity index (χ2v) is 12.2. The monoisotopic (exact) mass is 487 g/mol. The van der Waals surface area contributed by atoms with Gasteiger partial charge in [0.1, 0.15) is 6.04 Å². The molecule has 2 bridgehead atoms. The smallest absolute Gasteiger partial charge is 0.244 e. The molecule has 3 saturated heterocycles. The Morgan fingerprint density at radius 3 is 2.53 bits per heavy atom. The molecule has 7 nitrogen and oxygen atoms in total. The third-order valence-electron chi connectivity index (χ3n) is 7.97. The van der Waals surface area contributed by atoms with Crippen molar-refractivity contribution in [2.24, 2.45) is 11.8 Å². The molecule has 7 atom stereocenters. The minimum atomic E-state index is -0.692. The van der Waals surface area contributed by atoms with Crippen molar-refractivity contribution < 1.29 is 19.5 Å². The number of hydrogen-bond acceptors (Lipinski definition) is 5. The number of carbonyl (C=O) groups is 3. The molecule has 0 saturated carbocycles. The van der Waals surface area contributed by atoms with E-state index in [1.165, 1.54) is 0 Å². The number of hydrogen-bond donors (Lipinski definition) is 3. The minimum Gasteiger partial charge on any atom is -0.394 e. The van der Waals surface area contributed by atoms with Gasteiger partial charge in [-0.15, -0.1) is 11.8 Å². The van der Waals surface area contributed by atoms with Gasteiger partial charge in [0.2, 0.25) is 17.7 Å². The molecule has 4 rings (SSSR count). The third kappa shape index (κ3) is 3.92. The molecule has 3 heterocycles. The van der Waals surface area contributed by atoms with Gasteiger partial charge in [0.05, 0.1) is 29.2 Å². The molecule has 3 unspecified atom stereocenters. The van der Waals surface area contributed by atoms with Gasteiger partial charge in [-0.2, -0.15) is 0 Å². The van der Waals surface area contributed by atoms with E-state index in [4.69, 9.17) is 0 Å². The zero-order chi connectivity index (χ0) is 24.7. The van der Waals surface area contributed by atoms with Crippen molar-refractivity contribution in [1.29, 1.82) is 0 Å². The van der Waals surface area contributed by atoms with Crippen LogP contribution < -0.4 is 10.6 Å². The van der Waals surface area contributed by atoms with Crippen LogP contribution in [-0.4, -0.2) is 62.0 Å². The zero-order valence-electron chi connectivity index (χ0n) is 20.5. The fraction of sp³-hybridized carbons (Fsp3) is 0.654. The molecule has 0 radical (unpaired) electrons. The van der Waals surface area contributed by atoms with Crippen LogP contribution in [0.25, 0.3) is 0 Å². The number of nitrogens with zero attached hydrogens (tertiary/aromatic N) is 1. The number of rotatable bonds is 9. The van der Waals surface area contributed by atoms with Crippen molar-refractivity contribution in [3.63, 3.8) is 0 Å². The van der Waals surface area contributed by atoms with Gasteiger partial charge in [-0.25, -0.2) is 0 Å². The van der Waals surface area contributed by atoms with Crippen LogP contribution in [0.3, 0.4) is 0 Å². The number of anilines is 1. The summed E-state index contributed by atoms with van der Waals surface area (Å²) >= 11 is 1.66. The van der Waals surface area contributed by atoms with Gasteiger partial charge >= 0.3 is 0 Å². The zero-order valence-corrected chi connectivity index (χ0v) is 21.4. The summed E-state index contributed by atoms with van der Waals surface area (Å²) < 4.78 is -1.08. The van der Waals surface area contributed by atoms with E-state index in [1.54, 1.807) is 16.7 Å². The topological polar surface area (TPSA) is 98.7 Å². The first-order chi connectivity index (χ1) is 16.2. The molecule has 8 heteroatoms. The predicted octanol–water partition coefficient (Wildman–Crippen LogP) is 3.18. The average Bonchev–Trinajstić information content (AvgIpc) is 3.36. The van der Waals surface area contributed by atoms with Crippen LogP contribution >= 0.6 is 11.8 Å². The summed E-state index contributed by atoms with van der Waals surface area (Å²) in [5, 5.41) is 16.3. The van der Waals surface area contributed by atoms with Crippen LogP contribution in [-0.2, 0) is 14.4 Å². The van der Waals surface area contributed by atoms with Crippen LogP contribution in [0.2, 0.25) is 0 Å². The highest BCUT2D eigenvalue weighted by Gasteiger charge is 2.77. The van der Waals surface area contributed by atoms with E-state index >= 15 is 0 Å². The first-order valence-electron chi connectivity index (χ1n) is 12.5. The lowest BCUT2D eigenvalue weighted by molar-refractivity contribution is -0.142. The van der Waals surface area contributed by atoms with Crippen molar-refractivity contribution in [1.82, 2.24) is 10.2 Å². The molecule has 1 spiro atoms. The molecule has 1 aromatic rings. The van der Waals surface area contributed by atoms with Gasteiger partial charge in [0.25, 0.3) is 0 Å². The highest BCUT2D eigenvalue weighted by atomic mass is 32.2. The molecular weight excluding hydrogens is 450 g/mol. The lowest BCUT2D eigenvalue weighted by atomic mass is 9.66. The number of carbonyl (C=O) groups excluding carboxylic acids is 3. The minimum absolute atomic E-state index is 0.00419. The van der Waals surface area contributed by atoms with E-state index in [1.807, 2.05) is 44.2 Å². The number of thioether (sulfide) groups is 1. The molecule has 3 N–H and O–H groups in total. The number of benzene rings is 1. The number of likely N-dealkylation sites (tertiary alicyclic amines) is 1. The van der Waals surface area contributed by atoms with Gasteiger partial charge in [-0.3, -0.25) is 14.4 Å². The van der Waals surface area contributed by atoms with Crippen molar-refractivity contribution in [2.75, 3.05) is 11.9 Å². The van der Waals surface area contributed by atoms with Crippen molar-refractivity contribution >= 4 is 35.2 Å². The fourth-order valence-electron chi connectivity index (χ4n) is 6.44. The van der Waals surface area contributed by atoms with Gasteiger partial charge < -0.3 is 20.6 Å². The Kier molecular flexibility index (Phi) is 7.02. The summed E-state index contributed by atoms with van der Waals surface area (Å²) in [6.45, 7) is 7.84. The molecule has 0 aliphatic carbocycles. The number of amides is 3. The molecule has 34 heavy (non-hydrogen) atoms. The van der Waals surface area contributed by atoms with Gasteiger partial charge in [0.15, 0.2) is 0 Å². The van der Waals surface area contributed by atoms with Crippen LogP contribution in [0.15, 0.2) is 30.3 Å². The first kappa shape index (κ1) is 25.0. The second-order valence-electron chi connectivity index (χ2n) is 10.3. The Morgan fingerprint density at radius 1 is 1.21 bits per heavy atom. The molecular formula is C26H37N3O4S. The highest BCUT2D eigenvalue weighted by Crippen LogP contribution is 2.71. The number of aliphatic hydroxyl groups excluding tert-OH is 1. The predicted molar refractivity (Wildman–Crippen MR) is 134 cm³/mol. The fourth-order valence-corrected chi connectivity index (χ4v) is 8.78. The summed E-state index contributed by atoms with van der Waals surface area (Å²) in [5.41, 5.74) is 0.699. The molecule has 3 aliphatic rings. The summed E-state index contributed by atoms with van der Waals surface area (Å²) in [5.74, 6) is -1.63. The van der Waals surface area contributed by atoms with Crippen molar-refractivity contribution in [3.05, 3.63) is 30.3 Å². The van der Waals surface area contributed by atoms with Gasteiger partial charge in [-0.1, -0.05) is 38.5 Å². The Bertz CT molecular complexity index is 939. The van der Waals surface area contributed by atoms with Gasteiger partial charge in [-0.05, 0) is 51.7 Å². The lowest BCUT2D eigenvalue weighted by Crippen LogP contribution is -2.57. The Hall–Kier alpha value is -2.06. The average molecular weight is 488 g/mol. The Morgan fingerprint density at radius 2 is 1.91 bits per heavy atom.